The first-order valence-electron chi connectivity index (χ1n) is 6.54. The molecule has 0 saturated heterocycles. The topological polar surface area (TPSA) is 76.8 Å². The van der Waals surface area contributed by atoms with Crippen LogP contribution < -0.4 is 10.5 Å². The molecular formula is C15H16N4O. The second-order valence-corrected chi connectivity index (χ2v) is 4.58. The fraction of sp³-hybridized carbons (Fsp3) is 0.200. The standard InChI is InChI=1S/C15H16N4O/c1-3-20-12-7-5-4-6-10(12)11-8-9(2)17-15-13(11)14(16)18-19-15/h4-8H,3H2,1-2H3,(H3,16,17,18,19). The molecule has 0 unspecified atom stereocenters. The van der Waals surface area contributed by atoms with Gasteiger partial charge in [-0.05, 0) is 26.0 Å². The van der Waals surface area contributed by atoms with Gasteiger partial charge in [0.2, 0.25) is 0 Å². The Hall–Kier alpha value is -2.56. The van der Waals surface area contributed by atoms with Crippen molar-refractivity contribution in [2.24, 2.45) is 0 Å². The lowest BCUT2D eigenvalue weighted by Crippen LogP contribution is -1.96. The highest BCUT2D eigenvalue weighted by Crippen LogP contribution is 2.36. The van der Waals surface area contributed by atoms with Crippen molar-refractivity contribution < 1.29 is 4.74 Å². The third kappa shape index (κ3) is 1.97. The van der Waals surface area contributed by atoms with Crippen LogP contribution in [-0.2, 0) is 0 Å². The normalized spacial score (nSPS) is 10.9. The second-order valence-electron chi connectivity index (χ2n) is 4.58. The number of nitrogens with one attached hydrogen (secondary N) is 1. The fourth-order valence-corrected chi connectivity index (χ4v) is 2.36. The number of pyridine rings is 1. The molecule has 0 spiro atoms. The summed E-state index contributed by atoms with van der Waals surface area (Å²) in [5.74, 6) is 1.36. The van der Waals surface area contributed by atoms with Gasteiger partial charge in [-0.25, -0.2) is 4.98 Å². The summed E-state index contributed by atoms with van der Waals surface area (Å²) >= 11 is 0. The first-order valence-corrected chi connectivity index (χ1v) is 6.54. The van der Waals surface area contributed by atoms with Crippen molar-refractivity contribution in [3.63, 3.8) is 0 Å². The molecule has 5 heteroatoms. The number of hydrogen-bond acceptors (Lipinski definition) is 4. The lowest BCUT2D eigenvalue weighted by Gasteiger charge is -2.11. The minimum atomic E-state index is 0.522. The van der Waals surface area contributed by atoms with Crippen molar-refractivity contribution in [2.75, 3.05) is 12.3 Å². The van der Waals surface area contributed by atoms with E-state index in [-0.39, 0.29) is 0 Å². The Bertz CT molecular complexity index is 764. The number of benzene rings is 1. The fourth-order valence-electron chi connectivity index (χ4n) is 2.36. The van der Waals surface area contributed by atoms with Crippen LogP contribution >= 0.6 is 0 Å². The maximum Gasteiger partial charge on any atom is 0.183 e. The molecule has 0 atom stereocenters. The molecule has 2 aromatic heterocycles. The summed E-state index contributed by atoms with van der Waals surface area (Å²) in [6.45, 7) is 4.53. The maximum atomic E-state index is 5.99. The predicted octanol–water partition coefficient (Wildman–Crippen LogP) is 2.91. The molecule has 0 aliphatic rings. The number of nitrogens with two attached hydrogens (primary N) is 1. The van der Waals surface area contributed by atoms with E-state index in [9.17, 15) is 0 Å². The first kappa shape index (κ1) is 12.5. The number of H-pyrrole nitrogens is 1. The molecule has 2 heterocycles. The summed E-state index contributed by atoms with van der Waals surface area (Å²) in [6.07, 6.45) is 0. The van der Waals surface area contributed by atoms with E-state index in [1.165, 1.54) is 0 Å². The zero-order valence-corrected chi connectivity index (χ0v) is 11.5. The van der Waals surface area contributed by atoms with Gasteiger partial charge >= 0.3 is 0 Å². The van der Waals surface area contributed by atoms with Gasteiger partial charge in [-0.15, -0.1) is 0 Å². The average Bonchev–Trinajstić information content (AvgIpc) is 2.80. The number of nitrogen functional groups attached to an aromatic ring is 1. The monoisotopic (exact) mass is 268 g/mol. The van der Waals surface area contributed by atoms with Crippen LogP contribution in [0, 0.1) is 6.92 Å². The van der Waals surface area contributed by atoms with Crippen LogP contribution in [0.15, 0.2) is 30.3 Å². The third-order valence-corrected chi connectivity index (χ3v) is 3.16. The highest BCUT2D eigenvalue weighted by Gasteiger charge is 2.15. The zero-order valence-electron chi connectivity index (χ0n) is 11.5. The third-order valence-electron chi connectivity index (χ3n) is 3.16. The van der Waals surface area contributed by atoms with Gasteiger partial charge in [0.05, 0.1) is 12.0 Å². The molecule has 0 radical (unpaired) electrons. The minimum absolute atomic E-state index is 0.522. The van der Waals surface area contributed by atoms with Crippen LogP contribution in [0.5, 0.6) is 5.75 Å². The van der Waals surface area contributed by atoms with Gasteiger partial charge in [0.15, 0.2) is 5.65 Å². The van der Waals surface area contributed by atoms with Gasteiger partial charge < -0.3 is 10.5 Å². The van der Waals surface area contributed by atoms with Crippen LogP contribution in [0.4, 0.5) is 5.82 Å². The number of aromatic nitrogens is 3. The van der Waals surface area contributed by atoms with Crippen LogP contribution in [0.1, 0.15) is 12.6 Å². The second kappa shape index (κ2) is 4.85. The summed E-state index contributed by atoms with van der Waals surface area (Å²) < 4.78 is 5.70. The Morgan fingerprint density at radius 1 is 1.25 bits per heavy atom. The molecule has 102 valence electrons. The Kier molecular flexibility index (Phi) is 3.02. The summed E-state index contributed by atoms with van der Waals surface area (Å²) in [6, 6.07) is 9.92. The van der Waals surface area contributed by atoms with Gasteiger partial charge in [-0.2, -0.15) is 5.10 Å². The molecule has 3 N–H and O–H groups in total. The maximum absolute atomic E-state index is 5.99. The number of para-hydroxylation sites is 1. The number of ether oxygens (including phenoxy) is 1. The van der Waals surface area contributed by atoms with Crippen LogP contribution in [0.2, 0.25) is 0 Å². The Labute approximate surface area is 116 Å². The molecule has 3 aromatic rings. The SMILES string of the molecule is CCOc1ccccc1-c1cc(C)nc2n[nH]c(N)c12. The molecule has 20 heavy (non-hydrogen) atoms. The van der Waals surface area contributed by atoms with Crippen LogP contribution in [-0.4, -0.2) is 21.8 Å². The summed E-state index contributed by atoms with van der Waals surface area (Å²) in [5, 5.41) is 7.76. The van der Waals surface area contributed by atoms with Crippen molar-refractivity contribution in [1.29, 1.82) is 0 Å². The average molecular weight is 268 g/mol. The highest BCUT2D eigenvalue weighted by molar-refractivity contribution is 6.01. The number of aryl methyl sites for hydroxylation is 1. The molecule has 5 nitrogen and oxygen atoms in total. The van der Waals surface area contributed by atoms with E-state index in [4.69, 9.17) is 10.5 Å². The highest BCUT2D eigenvalue weighted by atomic mass is 16.5. The summed E-state index contributed by atoms with van der Waals surface area (Å²) in [5.41, 5.74) is 9.50. The Morgan fingerprint density at radius 3 is 2.85 bits per heavy atom. The van der Waals surface area contributed by atoms with Crippen molar-refractivity contribution in [2.45, 2.75) is 13.8 Å². The number of nitrogens with zero attached hydrogens (tertiary/aromatic N) is 2. The molecule has 0 amide bonds. The van der Waals surface area contributed by atoms with E-state index < -0.39 is 0 Å². The molecule has 0 saturated carbocycles. The zero-order chi connectivity index (χ0) is 14.1. The molecule has 3 rings (SSSR count). The Morgan fingerprint density at radius 2 is 2.05 bits per heavy atom. The lowest BCUT2D eigenvalue weighted by atomic mass is 10.0. The molecule has 0 aliphatic heterocycles. The summed E-state index contributed by atoms with van der Waals surface area (Å²) in [7, 11) is 0. The van der Waals surface area contributed by atoms with E-state index in [1.807, 2.05) is 44.2 Å². The van der Waals surface area contributed by atoms with Gasteiger partial charge in [-0.1, -0.05) is 18.2 Å². The predicted molar refractivity (Wildman–Crippen MR) is 79.6 cm³/mol. The van der Waals surface area contributed by atoms with Gasteiger partial charge in [0.25, 0.3) is 0 Å². The lowest BCUT2D eigenvalue weighted by molar-refractivity contribution is 0.341. The Balaban J connectivity index is 2.31. The van der Waals surface area contributed by atoms with Crippen molar-refractivity contribution in [3.8, 4) is 16.9 Å². The van der Waals surface area contributed by atoms with Crippen molar-refractivity contribution >= 4 is 16.9 Å². The van der Waals surface area contributed by atoms with Gasteiger partial charge in [-0.3, -0.25) is 5.10 Å². The smallest absolute Gasteiger partial charge is 0.183 e. The van der Waals surface area contributed by atoms with E-state index in [2.05, 4.69) is 15.2 Å². The van der Waals surface area contributed by atoms with E-state index in [0.717, 1.165) is 28.0 Å². The van der Waals surface area contributed by atoms with Crippen LogP contribution in [0.25, 0.3) is 22.2 Å². The van der Waals surface area contributed by atoms with Gasteiger partial charge in [0.1, 0.15) is 11.6 Å². The number of fused-ring (bicyclic) bond motifs is 1. The van der Waals surface area contributed by atoms with E-state index in [0.29, 0.717) is 18.1 Å². The largest absolute Gasteiger partial charge is 0.493 e. The van der Waals surface area contributed by atoms with Gasteiger partial charge in [0, 0.05) is 16.8 Å². The molecular weight excluding hydrogens is 252 g/mol. The number of aromatic amines is 1. The first-order chi connectivity index (χ1) is 9.70. The van der Waals surface area contributed by atoms with E-state index in [1.54, 1.807) is 0 Å². The van der Waals surface area contributed by atoms with E-state index >= 15 is 0 Å². The number of rotatable bonds is 3. The summed E-state index contributed by atoms with van der Waals surface area (Å²) in [4.78, 5) is 4.40. The number of hydrogen-bond donors (Lipinski definition) is 2. The molecule has 0 bridgehead atoms. The van der Waals surface area contributed by atoms with Crippen molar-refractivity contribution in [1.82, 2.24) is 15.2 Å². The minimum Gasteiger partial charge on any atom is -0.493 e. The van der Waals surface area contributed by atoms with Crippen molar-refractivity contribution in [3.05, 3.63) is 36.0 Å². The van der Waals surface area contributed by atoms with Crippen LogP contribution in [0.3, 0.4) is 0 Å². The molecule has 0 aliphatic carbocycles. The molecule has 1 aromatic carbocycles. The number of anilines is 1. The molecule has 0 fully saturated rings. The quantitative estimate of drug-likeness (QED) is 0.765.